The van der Waals surface area contributed by atoms with Crippen molar-refractivity contribution < 1.29 is 4.79 Å². The van der Waals surface area contributed by atoms with Crippen LogP contribution in [0.2, 0.25) is 0 Å². The van der Waals surface area contributed by atoms with Crippen LogP contribution in [0.3, 0.4) is 0 Å². The van der Waals surface area contributed by atoms with Gasteiger partial charge >= 0.3 is 0 Å². The fourth-order valence-corrected chi connectivity index (χ4v) is 4.39. The van der Waals surface area contributed by atoms with E-state index in [0.717, 1.165) is 29.2 Å². The number of rotatable bonds is 8. The van der Waals surface area contributed by atoms with Gasteiger partial charge in [0.1, 0.15) is 0 Å². The minimum Gasteiger partial charge on any atom is -0.325 e. The summed E-state index contributed by atoms with van der Waals surface area (Å²) in [4.78, 5) is 12.7. The molecule has 0 aliphatic heterocycles. The van der Waals surface area contributed by atoms with E-state index in [1.807, 2.05) is 28.8 Å². The molecular weight excluding hydrogens is 440 g/mol. The number of hydrogen-bond acceptors (Lipinski definition) is 4. The molecule has 0 saturated carbocycles. The molecule has 0 aliphatic carbocycles. The lowest BCUT2D eigenvalue weighted by molar-refractivity contribution is -0.113. The van der Waals surface area contributed by atoms with E-state index in [4.69, 9.17) is 0 Å². The van der Waals surface area contributed by atoms with Gasteiger partial charge in [-0.05, 0) is 56.0 Å². The summed E-state index contributed by atoms with van der Waals surface area (Å²) < 4.78 is 2.02. The Labute approximate surface area is 205 Å². The first-order valence-corrected chi connectivity index (χ1v) is 12.5. The van der Waals surface area contributed by atoms with Gasteiger partial charge in [-0.25, -0.2) is 0 Å². The van der Waals surface area contributed by atoms with E-state index < -0.39 is 0 Å². The molecule has 1 heterocycles. The van der Waals surface area contributed by atoms with E-state index in [2.05, 4.69) is 91.7 Å². The first-order valence-electron chi connectivity index (χ1n) is 11.6. The highest BCUT2D eigenvalue weighted by atomic mass is 32.2. The number of benzene rings is 3. The van der Waals surface area contributed by atoms with Crippen LogP contribution in [-0.2, 0) is 4.79 Å². The Bertz CT molecular complexity index is 1250. The number of carbonyl (C=O) groups is 1. The molecule has 4 rings (SSSR count). The lowest BCUT2D eigenvalue weighted by Crippen LogP contribution is -2.14. The van der Waals surface area contributed by atoms with Crippen molar-refractivity contribution in [3.05, 3.63) is 89.5 Å². The molecular formula is C28H30N4OS. The van der Waals surface area contributed by atoms with E-state index in [9.17, 15) is 4.79 Å². The number of aryl methyl sites for hydroxylation is 2. The van der Waals surface area contributed by atoms with Gasteiger partial charge in [-0.2, -0.15) is 0 Å². The number of aromatic nitrogens is 3. The first-order chi connectivity index (χ1) is 16.4. The third kappa shape index (κ3) is 5.57. The number of nitrogens with zero attached hydrogens (tertiary/aromatic N) is 3. The van der Waals surface area contributed by atoms with Gasteiger partial charge in [0.15, 0.2) is 11.0 Å². The molecule has 6 heteroatoms. The second-order valence-electron chi connectivity index (χ2n) is 8.61. The van der Waals surface area contributed by atoms with E-state index in [1.165, 1.54) is 28.5 Å². The summed E-state index contributed by atoms with van der Waals surface area (Å²) in [6, 6.07) is 24.6. The minimum absolute atomic E-state index is 0.0726. The highest BCUT2D eigenvalue weighted by Gasteiger charge is 2.17. The molecule has 0 saturated heterocycles. The van der Waals surface area contributed by atoms with Crippen LogP contribution in [0.25, 0.3) is 17.1 Å². The molecule has 0 bridgehead atoms. The van der Waals surface area contributed by atoms with Crippen molar-refractivity contribution >= 4 is 23.4 Å². The first kappa shape index (κ1) is 23.8. The Morgan fingerprint density at radius 1 is 0.912 bits per heavy atom. The van der Waals surface area contributed by atoms with Crippen LogP contribution >= 0.6 is 11.8 Å². The summed E-state index contributed by atoms with van der Waals surface area (Å²) in [7, 11) is 0. The summed E-state index contributed by atoms with van der Waals surface area (Å²) in [6.45, 7) is 8.51. The molecule has 0 unspecified atom stereocenters. The second kappa shape index (κ2) is 10.7. The van der Waals surface area contributed by atoms with Gasteiger partial charge in [0.05, 0.1) is 5.75 Å². The highest BCUT2D eigenvalue weighted by Crippen LogP contribution is 2.28. The fraction of sp³-hybridized carbons (Fsp3) is 0.250. The summed E-state index contributed by atoms with van der Waals surface area (Å²) in [5.41, 5.74) is 6.41. The topological polar surface area (TPSA) is 59.8 Å². The molecule has 1 aromatic heterocycles. The highest BCUT2D eigenvalue weighted by molar-refractivity contribution is 7.99. The van der Waals surface area contributed by atoms with Crippen molar-refractivity contribution in [1.82, 2.24) is 14.8 Å². The van der Waals surface area contributed by atoms with Gasteiger partial charge in [-0.15, -0.1) is 10.2 Å². The van der Waals surface area contributed by atoms with Gasteiger partial charge in [0.2, 0.25) is 5.91 Å². The molecule has 34 heavy (non-hydrogen) atoms. The zero-order valence-electron chi connectivity index (χ0n) is 20.1. The zero-order chi connectivity index (χ0) is 24.1. The molecule has 0 fully saturated rings. The van der Waals surface area contributed by atoms with Crippen LogP contribution in [-0.4, -0.2) is 26.4 Å². The zero-order valence-corrected chi connectivity index (χ0v) is 20.9. The van der Waals surface area contributed by atoms with E-state index >= 15 is 0 Å². The van der Waals surface area contributed by atoms with Crippen molar-refractivity contribution in [2.75, 3.05) is 11.1 Å². The Morgan fingerprint density at radius 3 is 2.15 bits per heavy atom. The van der Waals surface area contributed by atoms with Crippen LogP contribution in [0.1, 0.15) is 42.9 Å². The fourth-order valence-electron chi connectivity index (χ4n) is 3.64. The Hall–Kier alpha value is -3.38. The van der Waals surface area contributed by atoms with Gasteiger partial charge < -0.3 is 5.32 Å². The number of thioether (sulfide) groups is 1. The van der Waals surface area contributed by atoms with Crippen molar-refractivity contribution in [2.24, 2.45) is 0 Å². The Morgan fingerprint density at radius 2 is 1.53 bits per heavy atom. The molecule has 1 N–H and O–H groups in total. The molecule has 1 amide bonds. The molecule has 1 atom stereocenters. The predicted molar refractivity (Wildman–Crippen MR) is 141 cm³/mol. The Balaban J connectivity index is 1.53. The maximum absolute atomic E-state index is 12.7. The maximum Gasteiger partial charge on any atom is 0.234 e. The van der Waals surface area contributed by atoms with Crippen LogP contribution in [0, 0.1) is 13.8 Å². The maximum atomic E-state index is 12.7. The standard InChI is InChI=1S/C28H30N4OS/c1-5-21(4)22-12-14-24(15-13-22)29-26(33)18-34-28-31-30-27(23-10-6-19(2)7-11-23)32(28)25-16-8-20(3)9-17-25/h6-17,21H,5,18H2,1-4H3,(H,29,33)/t21-/m1/s1. The molecule has 174 valence electrons. The lowest BCUT2D eigenvalue weighted by Gasteiger charge is -2.12. The van der Waals surface area contributed by atoms with Crippen molar-refractivity contribution in [3.63, 3.8) is 0 Å². The van der Waals surface area contributed by atoms with Crippen LogP contribution < -0.4 is 5.32 Å². The third-order valence-corrected chi connectivity index (χ3v) is 6.87. The van der Waals surface area contributed by atoms with Gasteiger partial charge in [0, 0.05) is 16.9 Å². The van der Waals surface area contributed by atoms with Crippen molar-refractivity contribution in [1.29, 1.82) is 0 Å². The summed E-state index contributed by atoms with van der Waals surface area (Å²) in [6.07, 6.45) is 1.09. The monoisotopic (exact) mass is 470 g/mol. The van der Waals surface area contributed by atoms with E-state index in [-0.39, 0.29) is 11.7 Å². The number of amides is 1. The van der Waals surface area contributed by atoms with E-state index in [0.29, 0.717) is 11.1 Å². The molecule has 0 aliphatic rings. The van der Waals surface area contributed by atoms with Crippen LogP contribution in [0.15, 0.2) is 78.0 Å². The summed E-state index contributed by atoms with van der Waals surface area (Å²) in [5.74, 6) is 1.44. The van der Waals surface area contributed by atoms with E-state index in [1.54, 1.807) is 0 Å². The number of nitrogens with one attached hydrogen (secondary N) is 1. The average Bonchev–Trinajstić information content (AvgIpc) is 3.27. The minimum atomic E-state index is -0.0726. The van der Waals surface area contributed by atoms with Gasteiger partial charge in [0.25, 0.3) is 0 Å². The number of carbonyl (C=O) groups excluding carboxylic acids is 1. The van der Waals surface area contributed by atoms with Crippen LogP contribution in [0.4, 0.5) is 5.69 Å². The molecule has 0 spiro atoms. The summed E-state index contributed by atoms with van der Waals surface area (Å²) in [5, 5.41) is 12.6. The second-order valence-corrected chi connectivity index (χ2v) is 9.55. The smallest absolute Gasteiger partial charge is 0.234 e. The third-order valence-electron chi connectivity index (χ3n) is 5.94. The quantitative estimate of drug-likeness (QED) is 0.288. The normalized spacial score (nSPS) is 11.9. The molecule has 4 aromatic rings. The van der Waals surface area contributed by atoms with Crippen LogP contribution in [0.5, 0.6) is 0 Å². The molecule has 3 aromatic carbocycles. The lowest BCUT2D eigenvalue weighted by atomic mass is 9.99. The largest absolute Gasteiger partial charge is 0.325 e. The van der Waals surface area contributed by atoms with Crippen molar-refractivity contribution in [3.8, 4) is 17.1 Å². The van der Waals surface area contributed by atoms with Crippen molar-refractivity contribution in [2.45, 2.75) is 45.2 Å². The SMILES string of the molecule is CC[C@@H](C)c1ccc(NC(=O)CSc2nnc(-c3ccc(C)cc3)n2-c2ccc(C)cc2)cc1. The number of anilines is 1. The van der Waals surface area contributed by atoms with Gasteiger partial charge in [-0.1, -0.05) is 85.3 Å². The summed E-state index contributed by atoms with van der Waals surface area (Å²) >= 11 is 1.38. The average molecular weight is 471 g/mol. The number of hydrogen-bond donors (Lipinski definition) is 1. The predicted octanol–water partition coefficient (Wildman–Crippen LogP) is 6.80. The van der Waals surface area contributed by atoms with Gasteiger partial charge in [-0.3, -0.25) is 9.36 Å². The Kier molecular flexibility index (Phi) is 7.48. The molecule has 0 radical (unpaired) electrons. The molecule has 5 nitrogen and oxygen atoms in total.